The van der Waals surface area contributed by atoms with E-state index in [-0.39, 0.29) is 35.3 Å². The van der Waals surface area contributed by atoms with Gasteiger partial charge in [0, 0.05) is 42.0 Å². The quantitative estimate of drug-likeness (QED) is 0.322. The minimum atomic E-state index is -0.659. The van der Waals surface area contributed by atoms with E-state index in [0.29, 0.717) is 0 Å². The fraction of sp³-hybridized carbons (Fsp3) is 0. The molecule has 0 aliphatic heterocycles. The molecule has 53 valence electrons. The van der Waals surface area contributed by atoms with Crippen LogP contribution in [0.15, 0.2) is 18.6 Å². The summed E-state index contributed by atoms with van der Waals surface area (Å²) in [6.07, 6.45) is 4.06. The summed E-state index contributed by atoms with van der Waals surface area (Å²) in [4.78, 5) is 17.8. The molecule has 1 amide bonds. The van der Waals surface area contributed by atoms with E-state index in [1.165, 1.54) is 24.1 Å². The monoisotopic (exact) mass is 162 g/mol. The summed E-state index contributed by atoms with van der Waals surface area (Å²) in [5.74, 6) is -0.659. The molecule has 5 nitrogen and oxygen atoms in total. The maximum absolute atomic E-state index is 10.5. The number of hydrogen-bond donors (Lipinski definition) is 2. The van der Waals surface area contributed by atoms with Crippen molar-refractivity contribution in [1.82, 2.24) is 15.4 Å². The van der Waals surface area contributed by atoms with Crippen LogP contribution in [0.25, 0.3) is 0 Å². The second-order valence-electron chi connectivity index (χ2n) is 1.53. The van der Waals surface area contributed by atoms with E-state index in [4.69, 9.17) is 5.21 Å². The molecule has 0 unspecified atom stereocenters. The fourth-order valence-corrected chi connectivity index (χ4v) is 0.474. The number of carbonyl (C=O) groups is 1. The van der Waals surface area contributed by atoms with Crippen molar-refractivity contribution >= 4 is 35.5 Å². The van der Waals surface area contributed by atoms with Crippen molar-refractivity contribution in [3.05, 3.63) is 24.3 Å². The molecule has 6 heteroatoms. The second-order valence-corrected chi connectivity index (χ2v) is 1.53. The standard InChI is InChI=1S/C5H5N3O2.Na/c9-5(8-10)4-3-6-1-2-7-4;/h1-3,10H,(H,8,9);. The Morgan fingerprint density at radius 1 is 1.55 bits per heavy atom. The minimum absolute atomic E-state index is 0. The number of amides is 1. The number of nitrogens with one attached hydrogen (secondary N) is 1. The summed E-state index contributed by atoms with van der Waals surface area (Å²) in [6.45, 7) is 0. The molecular formula is C5H5N3NaO2. The Morgan fingerprint density at radius 3 is 2.73 bits per heavy atom. The number of carbonyl (C=O) groups excluding carboxylic acids is 1. The van der Waals surface area contributed by atoms with E-state index >= 15 is 0 Å². The summed E-state index contributed by atoms with van der Waals surface area (Å²) in [7, 11) is 0. The summed E-state index contributed by atoms with van der Waals surface area (Å²) < 4.78 is 0. The largest absolute Gasteiger partial charge is 0.294 e. The van der Waals surface area contributed by atoms with Crippen LogP contribution in [0.3, 0.4) is 0 Å². The molecule has 0 saturated carbocycles. The van der Waals surface area contributed by atoms with Crippen LogP contribution in [-0.2, 0) is 0 Å². The zero-order valence-electron chi connectivity index (χ0n) is 5.98. The first-order chi connectivity index (χ1) is 4.84. The van der Waals surface area contributed by atoms with Crippen molar-refractivity contribution in [2.75, 3.05) is 0 Å². The van der Waals surface area contributed by atoms with Crippen molar-refractivity contribution in [1.29, 1.82) is 0 Å². The molecule has 1 aromatic heterocycles. The van der Waals surface area contributed by atoms with Crippen LogP contribution in [0, 0.1) is 0 Å². The van der Waals surface area contributed by atoms with Crippen LogP contribution < -0.4 is 5.48 Å². The number of rotatable bonds is 1. The van der Waals surface area contributed by atoms with Crippen LogP contribution in [0.4, 0.5) is 0 Å². The van der Waals surface area contributed by atoms with E-state index in [2.05, 4.69) is 9.97 Å². The SMILES string of the molecule is O=C(NO)c1cnccn1.[Na]. The maximum Gasteiger partial charge on any atom is 0.294 e. The third-order valence-electron chi connectivity index (χ3n) is 0.897. The van der Waals surface area contributed by atoms with Crippen LogP contribution >= 0.6 is 0 Å². The van der Waals surface area contributed by atoms with Crippen LogP contribution in [-0.4, -0.2) is 50.6 Å². The van der Waals surface area contributed by atoms with Gasteiger partial charge in [-0.15, -0.1) is 0 Å². The average molecular weight is 162 g/mol. The normalized spacial score (nSPS) is 8.09. The summed E-state index contributed by atoms with van der Waals surface area (Å²) in [5.41, 5.74) is 1.53. The van der Waals surface area contributed by atoms with Gasteiger partial charge in [-0.1, -0.05) is 0 Å². The van der Waals surface area contributed by atoms with Crippen molar-refractivity contribution in [2.45, 2.75) is 0 Å². The minimum Gasteiger partial charge on any atom is -0.288 e. The molecule has 1 rings (SSSR count). The molecular weight excluding hydrogens is 157 g/mol. The van der Waals surface area contributed by atoms with Crippen LogP contribution in [0.1, 0.15) is 10.5 Å². The van der Waals surface area contributed by atoms with Gasteiger partial charge in [0.25, 0.3) is 5.91 Å². The number of nitrogens with zero attached hydrogens (tertiary/aromatic N) is 2. The van der Waals surface area contributed by atoms with Crippen molar-refractivity contribution in [3.63, 3.8) is 0 Å². The predicted molar refractivity (Wildman–Crippen MR) is 37.0 cm³/mol. The molecule has 0 fully saturated rings. The van der Waals surface area contributed by atoms with Gasteiger partial charge in [-0.2, -0.15) is 0 Å². The Bertz CT molecular complexity index is 228. The van der Waals surface area contributed by atoms with E-state index in [0.717, 1.165) is 0 Å². The van der Waals surface area contributed by atoms with Gasteiger partial charge < -0.3 is 0 Å². The van der Waals surface area contributed by atoms with Crippen molar-refractivity contribution < 1.29 is 10.0 Å². The van der Waals surface area contributed by atoms with Gasteiger partial charge in [-0.25, -0.2) is 10.5 Å². The van der Waals surface area contributed by atoms with E-state index in [9.17, 15) is 4.79 Å². The molecule has 1 aromatic rings. The topological polar surface area (TPSA) is 75.1 Å². The molecule has 1 radical (unpaired) electrons. The first-order valence-corrected chi connectivity index (χ1v) is 2.55. The molecule has 11 heavy (non-hydrogen) atoms. The third-order valence-corrected chi connectivity index (χ3v) is 0.897. The van der Waals surface area contributed by atoms with Gasteiger partial charge in [-0.05, 0) is 0 Å². The Morgan fingerprint density at radius 2 is 2.27 bits per heavy atom. The van der Waals surface area contributed by atoms with Crippen LogP contribution in [0.5, 0.6) is 0 Å². The predicted octanol–water partition coefficient (Wildman–Crippen LogP) is -0.785. The van der Waals surface area contributed by atoms with Gasteiger partial charge in [0.2, 0.25) is 0 Å². The average Bonchev–Trinajstić information content (AvgIpc) is 2.05. The van der Waals surface area contributed by atoms with Gasteiger partial charge >= 0.3 is 0 Å². The zero-order chi connectivity index (χ0) is 7.40. The molecule has 0 spiro atoms. The Kier molecular flexibility index (Phi) is 4.97. The Hall–Kier alpha value is -0.490. The molecule has 0 aliphatic rings. The molecule has 0 aromatic carbocycles. The zero-order valence-corrected chi connectivity index (χ0v) is 7.98. The summed E-state index contributed by atoms with van der Waals surface area (Å²) >= 11 is 0. The first kappa shape index (κ1) is 10.5. The molecule has 2 N–H and O–H groups in total. The van der Waals surface area contributed by atoms with Gasteiger partial charge in [0.1, 0.15) is 5.69 Å². The maximum atomic E-state index is 10.5. The third kappa shape index (κ3) is 2.94. The van der Waals surface area contributed by atoms with Gasteiger partial charge in [-0.3, -0.25) is 15.0 Å². The van der Waals surface area contributed by atoms with Gasteiger partial charge in [0.05, 0.1) is 6.20 Å². The Balaban J connectivity index is 0.000001000. The Labute approximate surface area is 85.1 Å². The molecule has 0 bridgehead atoms. The molecule has 1 heterocycles. The van der Waals surface area contributed by atoms with Gasteiger partial charge in [0.15, 0.2) is 0 Å². The molecule has 0 saturated heterocycles. The first-order valence-electron chi connectivity index (χ1n) is 2.55. The van der Waals surface area contributed by atoms with Crippen molar-refractivity contribution in [2.24, 2.45) is 0 Å². The van der Waals surface area contributed by atoms with E-state index in [1.807, 2.05) is 0 Å². The van der Waals surface area contributed by atoms with E-state index in [1.54, 1.807) is 0 Å². The summed E-state index contributed by atoms with van der Waals surface area (Å²) in [6, 6.07) is 0. The number of hydroxylamine groups is 1. The van der Waals surface area contributed by atoms with Crippen molar-refractivity contribution in [3.8, 4) is 0 Å². The fourth-order valence-electron chi connectivity index (χ4n) is 0.474. The summed E-state index contributed by atoms with van der Waals surface area (Å²) in [5, 5.41) is 8.12. The number of aromatic nitrogens is 2. The van der Waals surface area contributed by atoms with E-state index < -0.39 is 5.91 Å². The molecule has 0 aliphatic carbocycles. The number of hydrogen-bond acceptors (Lipinski definition) is 4. The molecule has 0 atom stereocenters. The van der Waals surface area contributed by atoms with Crippen LogP contribution in [0.2, 0.25) is 0 Å². The second kappa shape index (κ2) is 5.20. The smallest absolute Gasteiger partial charge is 0.288 e.